The molecule has 0 radical (unpaired) electrons. The van der Waals surface area contributed by atoms with Gasteiger partial charge >= 0.3 is 6.01 Å². The van der Waals surface area contributed by atoms with Crippen molar-refractivity contribution in [1.29, 1.82) is 0 Å². The fourth-order valence-corrected chi connectivity index (χ4v) is 2.33. The van der Waals surface area contributed by atoms with E-state index in [-0.39, 0.29) is 5.54 Å². The van der Waals surface area contributed by atoms with Crippen molar-refractivity contribution in [2.24, 2.45) is 0 Å². The maximum Gasteiger partial charge on any atom is 0.318 e. The summed E-state index contributed by atoms with van der Waals surface area (Å²) in [5, 5.41) is 7.67. The number of anilines is 1. The van der Waals surface area contributed by atoms with Gasteiger partial charge in [0.05, 0.1) is 23.3 Å². The summed E-state index contributed by atoms with van der Waals surface area (Å²) >= 11 is 3.43. The van der Waals surface area contributed by atoms with E-state index >= 15 is 0 Å². The van der Waals surface area contributed by atoms with Crippen LogP contribution in [0.15, 0.2) is 29.1 Å². The van der Waals surface area contributed by atoms with Crippen molar-refractivity contribution in [1.82, 2.24) is 19.7 Å². The summed E-state index contributed by atoms with van der Waals surface area (Å²) in [6.07, 6.45) is 7.75. The van der Waals surface area contributed by atoms with Crippen LogP contribution >= 0.6 is 15.9 Å². The Labute approximate surface area is 119 Å². The van der Waals surface area contributed by atoms with Crippen molar-refractivity contribution in [3.8, 4) is 6.01 Å². The summed E-state index contributed by atoms with van der Waals surface area (Å²) in [6, 6.07) is 2.30. The molecule has 1 aliphatic carbocycles. The number of halogens is 1. The van der Waals surface area contributed by atoms with Crippen LogP contribution in [0.5, 0.6) is 6.01 Å². The highest BCUT2D eigenvalue weighted by atomic mass is 79.9. The van der Waals surface area contributed by atoms with Crippen LogP contribution < -0.4 is 10.1 Å². The molecule has 1 saturated carbocycles. The van der Waals surface area contributed by atoms with Crippen molar-refractivity contribution in [3.63, 3.8) is 0 Å². The van der Waals surface area contributed by atoms with Crippen molar-refractivity contribution < 1.29 is 4.74 Å². The summed E-state index contributed by atoms with van der Waals surface area (Å²) in [7, 11) is 1.55. The van der Waals surface area contributed by atoms with Gasteiger partial charge in [-0.25, -0.2) is 4.98 Å². The molecule has 0 bridgehead atoms. The molecule has 0 spiro atoms. The molecule has 3 rings (SSSR count). The van der Waals surface area contributed by atoms with E-state index in [2.05, 4.69) is 36.3 Å². The van der Waals surface area contributed by atoms with Crippen LogP contribution in [-0.2, 0) is 5.54 Å². The molecule has 0 aromatic carbocycles. The van der Waals surface area contributed by atoms with Crippen LogP contribution in [-0.4, -0.2) is 33.4 Å². The molecule has 6 nitrogen and oxygen atoms in total. The van der Waals surface area contributed by atoms with Gasteiger partial charge < -0.3 is 10.1 Å². The van der Waals surface area contributed by atoms with Crippen LogP contribution in [0.25, 0.3) is 0 Å². The largest absolute Gasteiger partial charge is 0.467 e. The van der Waals surface area contributed by atoms with Gasteiger partial charge in [0.2, 0.25) is 0 Å². The Hall–Kier alpha value is -1.63. The number of rotatable bonds is 5. The fourth-order valence-electron chi connectivity index (χ4n) is 2.00. The number of ether oxygens (including phenoxy) is 1. The second-order valence-electron chi connectivity index (χ2n) is 4.58. The lowest BCUT2D eigenvalue weighted by molar-refractivity contribution is 0.379. The molecule has 1 fully saturated rings. The third-order valence-corrected chi connectivity index (χ3v) is 3.89. The molecule has 100 valence electrons. The Morgan fingerprint density at radius 3 is 3.00 bits per heavy atom. The molecule has 7 heteroatoms. The van der Waals surface area contributed by atoms with Gasteiger partial charge in [-0.3, -0.25) is 4.68 Å². The Balaban J connectivity index is 1.73. The van der Waals surface area contributed by atoms with Crippen LogP contribution in [0.1, 0.15) is 12.8 Å². The maximum atomic E-state index is 5.03. The Morgan fingerprint density at radius 1 is 1.53 bits per heavy atom. The van der Waals surface area contributed by atoms with Crippen LogP contribution in [0, 0.1) is 0 Å². The smallest absolute Gasteiger partial charge is 0.318 e. The van der Waals surface area contributed by atoms with Crippen LogP contribution in [0.4, 0.5) is 5.82 Å². The molecule has 2 aromatic heterocycles. The SMILES string of the molecule is COc1ncc(Br)c(NCC2(n3cccn3)CC2)n1. The van der Waals surface area contributed by atoms with Gasteiger partial charge in [0, 0.05) is 18.9 Å². The zero-order valence-corrected chi connectivity index (χ0v) is 12.1. The van der Waals surface area contributed by atoms with E-state index in [0.717, 1.165) is 29.7 Å². The van der Waals surface area contributed by atoms with E-state index < -0.39 is 0 Å². The topological polar surface area (TPSA) is 64.9 Å². The van der Waals surface area contributed by atoms with Crippen molar-refractivity contribution in [2.75, 3.05) is 19.0 Å². The van der Waals surface area contributed by atoms with Crippen LogP contribution in [0.3, 0.4) is 0 Å². The highest BCUT2D eigenvalue weighted by molar-refractivity contribution is 9.10. The summed E-state index contributed by atoms with van der Waals surface area (Å²) in [4.78, 5) is 8.31. The zero-order chi connectivity index (χ0) is 13.3. The number of nitrogens with zero attached hydrogens (tertiary/aromatic N) is 4. The van der Waals surface area contributed by atoms with E-state index in [4.69, 9.17) is 4.74 Å². The summed E-state index contributed by atoms with van der Waals surface area (Å²) in [5.41, 5.74) is 0.0844. The highest BCUT2D eigenvalue weighted by Crippen LogP contribution is 2.43. The van der Waals surface area contributed by atoms with Gasteiger partial charge in [-0.15, -0.1) is 0 Å². The number of nitrogens with one attached hydrogen (secondary N) is 1. The minimum absolute atomic E-state index is 0.0844. The molecule has 1 N–H and O–H groups in total. The first-order chi connectivity index (χ1) is 9.23. The minimum Gasteiger partial charge on any atom is -0.467 e. The molecule has 0 amide bonds. The molecule has 2 heterocycles. The number of hydrogen-bond donors (Lipinski definition) is 1. The Morgan fingerprint density at radius 2 is 2.37 bits per heavy atom. The molecule has 2 aromatic rings. The predicted molar refractivity (Wildman–Crippen MR) is 74.2 cm³/mol. The molecule has 0 saturated heterocycles. The molecule has 0 atom stereocenters. The van der Waals surface area contributed by atoms with Crippen molar-refractivity contribution in [2.45, 2.75) is 18.4 Å². The monoisotopic (exact) mass is 323 g/mol. The lowest BCUT2D eigenvalue weighted by atomic mass is 10.3. The van der Waals surface area contributed by atoms with Gasteiger partial charge in [-0.1, -0.05) is 0 Å². The summed E-state index contributed by atoms with van der Waals surface area (Å²) < 4.78 is 7.87. The zero-order valence-electron chi connectivity index (χ0n) is 10.5. The molecular weight excluding hydrogens is 310 g/mol. The van der Waals surface area contributed by atoms with E-state index in [0.29, 0.717) is 6.01 Å². The number of hydrogen-bond acceptors (Lipinski definition) is 5. The third-order valence-electron chi connectivity index (χ3n) is 3.31. The fraction of sp³-hybridized carbons (Fsp3) is 0.417. The first-order valence-electron chi connectivity index (χ1n) is 6.04. The lowest BCUT2D eigenvalue weighted by Crippen LogP contribution is -2.27. The van der Waals surface area contributed by atoms with Gasteiger partial charge in [0.25, 0.3) is 0 Å². The second-order valence-corrected chi connectivity index (χ2v) is 5.44. The van der Waals surface area contributed by atoms with E-state index in [9.17, 15) is 0 Å². The van der Waals surface area contributed by atoms with E-state index in [1.807, 2.05) is 23.1 Å². The quantitative estimate of drug-likeness (QED) is 0.912. The highest BCUT2D eigenvalue weighted by Gasteiger charge is 2.45. The number of aromatic nitrogens is 4. The lowest BCUT2D eigenvalue weighted by Gasteiger charge is -2.17. The third kappa shape index (κ3) is 2.42. The van der Waals surface area contributed by atoms with E-state index in [1.54, 1.807) is 13.3 Å². The summed E-state index contributed by atoms with van der Waals surface area (Å²) in [5.74, 6) is 0.741. The average Bonchev–Trinajstić information content (AvgIpc) is 3.01. The normalized spacial score (nSPS) is 16.1. The van der Waals surface area contributed by atoms with Crippen molar-refractivity contribution in [3.05, 3.63) is 29.1 Å². The van der Waals surface area contributed by atoms with Gasteiger partial charge in [-0.05, 0) is 34.8 Å². The maximum absolute atomic E-state index is 5.03. The van der Waals surface area contributed by atoms with Gasteiger partial charge in [-0.2, -0.15) is 10.1 Å². The standard InChI is InChI=1S/C12H14BrN5O/c1-19-11-14-7-9(13)10(17-11)15-8-12(3-4-12)18-6-2-5-16-18/h2,5-7H,3-4,8H2,1H3,(H,14,15,17). The summed E-state index contributed by atoms with van der Waals surface area (Å²) in [6.45, 7) is 0.785. The molecule has 1 aliphatic rings. The Kier molecular flexibility index (Phi) is 3.14. The average molecular weight is 324 g/mol. The molecule has 19 heavy (non-hydrogen) atoms. The Bertz CT molecular complexity index is 568. The van der Waals surface area contributed by atoms with E-state index in [1.165, 1.54) is 0 Å². The first kappa shape index (κ1) is 12.4. The molecule has 0 aliphatic heterocycles. The van der Waals surface area contributed by atoms with Gasteiger partial charge in [0.1, 0.15) is 5.82 Å². The van der Waals surface area contributed by atoms with Crippen LogP contribution in [0.2, 0.25) is 0 Å². The van der Waals surface area contributed by atoms with Gasteiger partial charge in [0.15, 0.2) is 0 Å². The first-order valence-corrected chi connectivity index (χ1v) is 6.83. The second kappa shape index (κ2) is 4.80. The molecule has 0 unspecified atom stereocenters. The van der Waals surface area contributed by atoms with Crippen molar-refractivity contribution >= 4 is 21.7 Å². The molecular formula is C12H14BrN5O. The minimum atomic E-state index is 0.0844. The predicted octanol–water partition coefficient (Wildman–Crippen LogP) is 2.05. The number of methoxy groups -OCH3 is 1.